The Morgan fingerprint density at radius 2 is 2.00 bits per heavy atom. The third-order valence-corrected chi connectivity index (χ3v) is 5.43. The summed E-state index contributed by atoms with van der Waals surface area (Å²) < 4.78 is 5.62. The number of para-hydroxylation sites is 1. The standard InChI is InChI=1S/C18H21N3O4/c1-11(2)21-16(23)18(15(22)19-17(21)24)9-12-5-3-4-6-13(12)20-7-8-25-10-14(18)20/h3-6,11,14H,7-10H2,1-2H3,(H,19,22,24)/t14-,18+/m0/s1. The number of hydrogen-bond acceptors (Lipinski definition) is 5. The summed E-state index contributed by atoms with van der Waals surface area (Å²) in [6.45, 7) is 4.98. The minimum Gasteiger partial charge on any atom is -0.377 e. The van der Waals surface area contributed by atoms with Gasteiger partial charge >= 0.3 is 6.03 Å². The number of nitrogens with zero attached hydrogens (tertiary/aromatic N) is 2. The quantitative estimate of drug-likeness (QED) is 0.767. The van der Waals surface area contributed by atoms with Gasteiger partial charge in [0.1, 0.15) is 0 Å². The van der Waals surface area contributed by atoms with Crippen LogP contribution in [-0.4, -0.2) is 54.6 Å². The van der Waals surface area contributed by atoms with Gasteiger partial charge in [0.2, 0.25) is 11.8 Å². The van der Waals surface area contributed by atoms with Crippen LogP contribution in [0.1, 0.15) is 19.4 Å². The summed E-state index contributed by atoms with van der Waals surface area (Å²) in [4.78, 5) is 41.8. The number of nitrogens with one attached hydrogen (secondary N) is 1. The van der Waals surface area contributed by atoms with Gasteiger partial charge in [-0.05, 0) is 31.9 Å². The first-order chi connectivity index (χ1) is 12.0. The zero-order valence-electron chi connectivity index (χ0n) is 14.3. The largest absolute Gasteiger partial charge is 0.377 e. The van der Waals surface area contributed by atoms with E-state index in [4.69, 9.17) is 4.74 Å². The zero-order chi connectivity index (χ0) is 17.8. The molecule has 4 rings (SSSR count). The molecule has 1 N–H and O–H groups in total. The minimum atomic E-state index is -1.34. The molecular weight excluding hydrogens is 322 g/mol. The number of carbonyl (C=O) groups excluding carboxylic acids is 3. The van der Waals surface area contributed by atoms with Gasteiger partial charge in [-0.15, -0.1) is 0 Å². The normalized spacial score (nSPS) is 28.9. The maximum Gasteiger partial charge on any atom is 0.331 e. The lowest BCUT2D eigenvalue weighted by Crippen LogP contribution is -2.74. The van der Waals surface area contributed by atoms with Gasteiger partial charge in [-0.1, -0.05) is 18.2 Å². The first-order valence-corrected chi connectivity index (χ1v) is 8.58. The van der Waals surface area contributed by atoms with Crippen molar-refractivity contribution in [3.8, 4) is 0 Å². The Morgan fingerprint density at radius 3 is 2.76 bits per heavy atom. The average molecular weight is 343 g/mol. The lowest BCUT2D eigenvalue weighted by atomic mass is 9.68. The van der Waals surface area contributed by atoms with Crippen LogP contribution >= 0.6 is 0 Å². The fourth-order valence-corrected chi connectivity index (χ4v) is 4.25. The van der Waals surface area contributed by atoms with Gasteiger partial charge in [-0.3, -0.25) is 19.8 Å². The van der Waals surface area contributed by atoms with Crippen LogP contribution in [0.3, 0.4) is 0 Å². The van der Waals surface area contributed by atoms with Crippen LogP contribution in [0.25, 0.3) is 0 Å². The van der Waals surface area contributed by atoms with Crippen molar-refractivity contribution in [3.63, 3.8) is 0 Å². The summed E-state index contributed by atoms with van der Waals surface area (Å²) in [7, 11) is 0. The summed E-state index contributed by atoms with van der Waals surface area (Å²) in [5, 5.41) is 2.41. The number of fused-ring (bicyclic) bond motifs is 4. The van der Waals surface area contributed by atoms with E-state index in [2.05, 4.69) is 10.2 Å². The van der Waals surface area contributed by atoms with Crippen LogP contribution in [0.4, 0.5) is 10.5 Å². The summed E-state index contributed by atoms with van der Waals surface area (Å²) in [6, 6.07) is 6.43. The lowest BCUT2D eigenvalue weighted by molar-refractivity contribution is -0.157. The first-order valence-electron chi connectivity index (χ1n) is 8.58. The number of hydrogen-bond donors (Lipinski definition) is 1. The van der Waals surface area contributed by atoms with Crippen molar-refractivity contribution in [2.45, 2.75) is 32.4 Å². The molecule has 4 amide bonds. The molecule has 25 heavy (non-hydrogen) atoms. The lowest BCUT2D eigenvalue weighted by Gasteiger charge is -2.53. The Balaban J connectivity index is 1.88. The molecule has 132 valence electrons. The van der Waals surface area contributed by atoms with Crippen molar-refractivity contribution in [2.75, 3.05) is 24.7 Å². The number of amides is 4. The fraction of sp³-hybridized carbons (Fsp3) is 0.500. The Labute approximate surface area is 145 Å². The number of anilines is 1. The molecule has 1 aromatic rings. The van der Waals surface area contributed by atoms with E-state index in [1.54, 1.807) is 13.8 Å². The van der Waals surface area contributed by atoms with Gasteiger partial charge in [0.15, 0.2) is 5.41 Å². The highest BCUT2D eigenvalue weighted by atomic mass is 16.5. The van der Waals surface area contributed by atoms with Crippen LogP contribution in [0.5, 0.6) is 0 Å². The van der Waals surface area contributed by atoms with Crippen molar-refractivity contribution in [1.82, 2.24) is 10.2 Å². The minimum absolute atomic E-state index is 0.273. The van der Waals surface area contributed by atoms with Crippen molar-refractivity contribution < 1.29 is 19.1 Å². The van der Waals surface area contributed by atoms with E-state index < -0.39 is 29.3 Å². The molecule has 0 bridgehead atoms. The molecule has 7 heteroatoms. The van der Waals surface area contributed by atoms with Gasteiger partial charge in [0.25, 0.3) is 0 Å². The second-order valence-electron chi connectivity index (χ2n) is 7.09. The highest BCUT2D eigenvalue weighted by Crippen LogP contribution is 2.45. The predicted molar refractivity (Wildman–Crippen MR) is 90.1 cm³/mol. The average Bonchev–Trinajstić information content (AvgIpc) is 2.59. The molecule has 3 heterocycles. The SMILES string of the molecule is CC(C)N1C(=O)NC(=O)[C@]2(Cc3ccccc3N3CCOC[C@H]32)C1=O. The van der Waals surface area contributed by atoms with E-state index in [0.29, 0.717) is 13.2 Å². The van der Waals surface area contributed by atoms with Crippen molar-refractivity contribution >= 4 is 23.5 Å². The Bertz CT molecular complexity index is 762. The summed E-state index contributed by atoms with van der Waals surface area (Å²) >= 11 is 0. The monoisotopic (exact) mass is 343 g/mol. The van der Waals surface area contributed by atoms with Crippen LogP contribution in [0.2, 0.25) is 0 Å². The number of ether oxygens (including phenoxy) is 1. The molecule has 0 radical (unpaired) electrons. The first kappa shape index (κ1) is 16.1. The highest BCUT2D eigenvalue weighted by Gasteiger charge is 2.62. The molecular formula is C18H21N3O4. The number of urea groups is 1. The number of benzene rings is 1. The maximum absolute atomic E-state index is 13.4. The number of rotatable bonds is 1. The van der Waals surface area contributed by atoms with E-state index in [-0.39, 0.29) is 19.1 Å². The third-order valence-electron chi connectivity index (χ3n) is 5.43. The Hall–Kier alpha value is -2.41. The van der Waals surface area contributed by atoms with Crippen LogP contribution in [-0.2, 0) is 20.7 Å². The molecule has 0 saturated carbocycles. The second kappa shape index (κ2) is 5.56. The molecule has 3 aliphatic heterocycles. The number of carbonyl (C=O) groups is 3. The summed E-state index contributed by atoms with van der Waals surface area (Å²) in [5.74, 6) is -0.944. The van der Waals surface area contributed by atoms with Crippen LogP contribution in [0.15, 0.2) is 24.3 Å². The topological polar surface area (TPSA) is 79.0 Å². The van der Waals surface area contributed by atoms with Gasteiger partial charge in [0.05, 0.1) is 19.3 Å². The summed E-state index contributed by atoms with van der Waals surface area (Å²) in [5.41, 5.74) is 0.643. The van der Waals surface area contributed by atoms with Crippen molar-refractivity contribution in [2.24, 2.45) is 5.41 Å². The van der Waals surface area contributed by atoms with E-state index in [9.17, 15) is 14.4 Å². The molecule has 1 aromatic carbocycles. The third kappa shape index (κ3) is 2.12. The second-order valence-corrected chi connectivity index (χ2v) is 7.09. The maximum atomic E-state index is 13.4. The van der Waals surface area contributed by atoms with Crippen LogP contribution in [0, 0.1) is 5.41 Å². The molecule has 7 nitrogen and oxygen atoms in total. The van der Waals surface area contributed by atoms with Gasteiger partial charge in [-0.25, -0.2) is 4.79 Å². The molecule has 0 aromatic heterocycles. The molecule has 3 aliphatic rings. The van der Waals surface area contributed by atoms with Gasteiger partial charge in [-0.2, -0.15) is 0 Å². The molecule has 1 spiro atoms. The molecule has 2 saturated heterocycles. The smallest absolute Gasteiger partial charge is 0.331 e. The zero-order valence-corrected chi connectivity index (χ0v) is 14.3. The number of morpholine rings is 1. The van der Waals surface area contributed by atoms with E-state index in [1.165, 1.54) is 4.90 Å². The predicted octanol–water partition coefficient (Wildman–Crippen LogP) is 0.921. The molecule has 2 fully saturated rings. The van der Waals surface area contributed by atoms with Crippen LogP contribution < -0.4 is 10.2 Å². The molecule has 0 unspecified atom stereocenters. The van der Waals surface area contributed by atoms with E-state index in [1.807, 2.05) is 24.3 Å². The molecule has 2 atom stereocenters. The van der Waals surface area contributed by atoms with Crippen molar-refractivity contribution in [1.29, 1.82) is 0 Å². The molecule has 0 aliphatic carbocycles. The van der Waals surface area contributed by atoms with Crippen molar-refractivity contribution in [3.05, 3.63) is 29.8 Å². The van der Waals surface area contributed by atoms with Gasteiger partial charge in [0, 0.05) is 18.3 Å². The Morgan fingerprint density at radius 1 is 1.24 bits per heavy atom. The Kier molecular flexibility index (Phi) is 3.57. The summed E-state index contributed by atoms with van der Waals surface area (Å²) in [6.07, 6.45) is 0.273. The van der Waals surface area contributed by atoms with E-state index in [0.717, 1.165) is 11.3 Å². The van der Waals surface area contributed by atoms with Gasteiger partial charge < -0.3 is 9.64 Å². The number of barbiturate groups is 1. The van der Waals surface area contributed by atoms with E-state index >= 15 is 0 Å². The fourth-order valence-electron chi connectivity index (χ4n) is 4.25. The highest BCUT2D eigenvalue weighted by molar-refractivity contribution is 6.20. The number of imide groups is 2.